The number of fused-ring (bicyclic) bond motifs is 2. The first-order chi connectivity index (χ1) is 11.6. The van der Waals surface area contributed by atoms with E-state index in [0.717, 1.165) is 0 Å². The smallest absolute Gasteiger partial charge is 0.212 e. The average molecular weight is 327 g/mol. The Bertz CT molecular complexity index is 1100. The number of carbonyl (C=O) groups excluding carboxylic acids is 1. The van der Waals surface area contributed by atoms with E-state index in [9.17, 15) is 13.6 Å². The predicted octanol–water partition coefficient (Wildman–Crippen LogP) is 3.03. The molecule has 0 unspecified atom stereocenters. The molecule has 0 fully saturated rings. The molecule has 1 aromatic carbocycles. The normalized spacial score (nSPS) is 11.3. The Labute approximate surface area is 134 Å². The fourth-order valence-corrected chi connectivity index (χ4v) is 2.87. The van der Waals surface area contributed by atoms with Gasteiger partial charge in [0.1, 0.15) is 11.2 Å². The van der Waals surface area contributed by atoms with Gasteiger partial charge < -0.3 is 9.72 Å². The lowest BCUT2D eigenvalue weighted by atomic mass is 9.97. The van der Waals surface area contributed by atoms with Gasteiger partial charge in [-0.05, 0) is 30.2 Å². The van der Waals surface area contributed by atoms with Crippen molar-refractivity contribution in [1.82, 2.24) is 19.6 Å². The molecule has 2 N–H and O–H groups in total. The third kappa shape index (κ3) is 1.96. The first kappa shape index (κ1) is 14.3. The summed E-state index contributed by atoms with van der Waals surface area (Å²) in [6.07, 6.45) is 5.38. The predicted molar refractivity (Wildman–Crippen MR) is 84.6 cm³/mol. The van der Waals surface area contributed by atoms with Crippen molar-refractivity contribution >= 4 is 28.8 Å². The second-order valence-electron chi connectivity index (χ2n) is 5.36. The molecule has 0 atom stereocenters. The average Bonchev–Trinajstić information content (AvgIpc) is 3.19. The van der Waals surface area contributed by atoms with E-state index in [4.69, 9.17) is 0 Å². The maximum absolute atomic E-state index is 14.2. The van der Waals surface area contributed by atoms with Gasteiger partial charge in [-0.3, -0.25) is 9.89 Å². The summed E-state index contributed by atoms with van der Waals surface area (Å²) in [5.74, 6) is -1.45. The third-order valence-electron chi connectivity index (χ3n) is 3.97. The van der Waals surface area contributed by atoms with Crippen LogP contribution in [0.3, 0.4) is 0 Å². The van der Waals surface area contributed by atoms with E-state index < -0.39 is 11.6 Å². The van der Waals surface area contributed by atoms with Gasteiger partial charge in [0.05, 0.1) is 12.4 Å². The van der Waals surface area contributed by atoms with Gasteiger partial charge in [0.25, 0.3) is 0 Å². The van der Waals surface area contributed by atoms with Crippen molar-refractivity contribution in [2.24, 2.45) is 0 Å². The van der Waals surface area contributed by atoms with Crippen LogP contribution in [0.15, 0.2) is 30.7 Å². The lowest BCUT2D eigenvalue weighted by Crippen LogP contribution is -1.96. The van der Waals surface area contributed by atoms with Crippen LogP contribution in [0.2, 0.25) is 0 Å². The molecule has 0 aliphatic heterocycles. The van der Waals surface area contributed by atoms with Crippen molar-refractivity contribution in [3.8, 4) is 11.1 Å². The second kappa shape index (κ2) is 5.12. The monoisotopic (exact) mass is 327 g/mol. The number of pyridine rings is 1. The van der Waals surface area contributed by atoms with Crippen LogP contribution in [0.5, 0.6) is 0 Å². The van der Waals surface area contributed by atoms with Crippen molar-refractivity contribution in [3.63, 3.8) is 0 Å². The van der Waals surface area contributed by atoms with Crippen LogP contribution < -0.4 is 5.32 Å². The molecule has 0 spiro atoms. The van der Waals surface area contributed by atoms with Gasteiger partial charge in [0, 0.05) is 17.1 Å². The largest absolute Gasteiger partial charge is 0.312 e. The molecule has 0 radical (unpaired) electrons. The molecule has 3 heterocycles. The number of nitrogens with one attached hydrogen (secondary N) is 2. The topological polar surface area (TPSA) is 75.1 Å². The fraction of sp³-hybridized carbons (Fsp3) is 0.0625. The highest BCUT2D eigenvalue weighted by molar-refractivity contribution is 5.96. The van der Waals surface area contributed by atoms with Crippen LogP contribution >= 0.6 is 0 Å². The van der Waals surface area contributed by atoms with Gasteiger partial charge >= 0.3 is 0 Å². The molecule has 0 saturated carbocycles. The van der Waals surface area contributed by atoms with E-state index in [0.29, 0.717) is 34.4 Å². The maximum atomic E-state index is 14.2. The highest BCUT2D eigenvalue weighted by atomic mass is 19.2. The molecule has 1 amide bonds. The second-order valence-corrected chi connectivity index (χ2v) is 5.36. The Morgan fingerprint density at radius 3 is 2.88 bits per heavy atom. The summed E-state index contributed by atoms with van der Waals surface area (Å²) in [6, 6.07) is 3.50. The number of amides is 1. The molecule has 24 heavy (non-hydrogen) atoms. The summed E-state index contributed by atoms with van der Waals surface area (Å²) >= 11 is 0. The summed E-state index contributed by atoms with van der Waals surface area (Å²) in [6.45, 7) is 1.53. The standard InChI is InChI=1S/C16H11F2N5O/c1-8-13(10-4-20-22-16(10)15(18)14(8)17)9-2-3-12-21-11(19-7-24)6-23(12)5-9/h2-7H,1H3,(H,19,24)(H,20,22). The molecule has 4 rings (SSSR count). The van der Waals surface area contributed by atoms with Crippen LogP contribution in [0.25, 0.3) is 27.7 Å². The van der Waals surface area contributed by atoms with E-state index in [1.54, 1.807) is 28.9 Å². The number of nitrogens with zero attached hydrogens (tertiary/aromatic N) is 3. The summed E-state index contributed by atoms with van der Waals surface area (Å²) in [7, 11) is 0. The zero-order chi connectivity index (χ0) is 16.8. The van der Waals surface area contributed by atoms with E-state index >= 15 is 0 Å². The van der Waals surface area contributed by atoms with E-state index in [1.807, 2.05) is 0 Å². The summed E-state index contributed by atoms with van der Waals surface area (Å²) in [5, 5.41) is 9.28. The number of hydrogen-bond donors (Lipinski definition) is 2. The Hall–Kier alpha value is -3.29. The molecule has 0 aliphatic carbocycles. The van der Waals surface area contributed by atoms with Crippen LogP contribution in [0, 0.1) is 18.6 Å². The number of halogens is 2. The molecule has 120 valence electrons. The number of benzene rings is 1. The highest BCUT2D eigenvalue weighted by Gasteiger charge is 2.20. The quantitative estimate of drug-likeness (QED) is 0.568. The van der Waals surface area contributed by atoms with Gasteiger partial charge in [-0.2, -0.15) is 5.10 Å². The summed E-state index contributed by atoms with van der Waals surface area (Å²) in [5.41, 5.74) is 2.08. The third-order valence-corrected chi connectivity index (χ3v) is 3.97. The number of imidazole rings is 1. The van der Waals surface area contributed by atoms with Gasteiger partial charge in [-0.1, -0.05) is 0 Å². The van der Waals surface area contributed by atoms with Crippen molar-refractivity contribution in [2.45, 2.75) is 6.92 Å². The van der Waals surface area contributed by atoms with Crippen LogP contribution in [-0.4, -0.2) is 26.0 Å². The van der Waals surface area contributed by atoms with Crippen molar-refractivity contribution in [3.05, 3.63) is 47.9 Å². The molecule has 8 heteroatoms. The van der Waals surface area contributed by atoms with Crippen molar-refractivity contribution in [1.29, 1.82) is 0 Å². The Balaban J connectivity index is 1.99. The van der Waals surface area contributed by atoms with Crippen molar-refractivity contribution in [2.75, 3.05) is 5.32 Å². The number of carbonyl (C=O) groups is 1. The van der Waals surface area contributed by atoms with Gasteiger partial charge in [-0.15, -0.1) is 0 Å². The number of aromatic nitrogens is 4. The van der Waals surface area contributed by atoms with Crippen LogP contribution in [-0.2, 0) is 4.79 Å². The first-order valence-electron chi connectivity index (χ1n) is 7.10. The minimum Gasteiger partial charge on any atom is -0.312 e. The lowest BCUT2D eigenvalue weighted by molar-refractivity contribution is -0.105. The SMILES string of the molecule is Cc1c(F)c(F)c2[nH]ncc2c1-c1ccc2nc(NC=O)cn2c1. The van der Waals surface area contributed by atoms with Gasteiger partial charge in [0.15, 0.2) is 17.5 Å². The first-order valence-corrected chi connectivity index (χ1v) is 7.10. The number of aromatic amines is 1. The highest BCUT2D eigenvalue weighted by Crippen LogP contribution is 2.34. The molecule has 3 aromatic heterocycles. The fourth-order valence-electron chi connectivity index (χ4n) is 2.87. The van der Waals surface area contributed by atoms with E-state index in [2.05, 4.69) is 20.5 Å². The van der Waals surface area contributed by atoms with E-state index in [1.165, 1.54) is 13.1 Å². The Kier molecular flexibility index (Phi) is 3.05. The Morgan fingerprint density at radius 1 is 1.25 bits per heavy atom. The molecule has 6 nitrogen and oxygen atoms in total. The lowest BCUT2D eigenvalue weighted by Gasteiger charge is -2.10. The molecule has 0 bridgehead atoms. The zero-order valence-electron chi connectivity index (χ0n) is 12.5. The van der Waals surface area contributed by atoms with Crippen LogP contribution in [0.1, 0.15) is 5.56 Å². The Morgan fingerprint density at radius 2 is 2.08 bits per heavy atom. The minimum absolute atomic E-state index is 0.0298. The summed E-state index contributed by atoms with van der Waals surface area (Å²) in [4.78, 5) is 14.7. The van der Waals surface area contributed by atoms with Crippen molar-refractivity contribution < 1.29 is 13.6 Å². The molecular formula is C16H11F2N5O. The molecule has 4 aromatic rings. The van der Waals surface area contributed by atoms with Crippen LogP contribution in [0.4, 0.5) is 14.6 Å². The molecular weight excluding hydrogens is 316 g/mol. The zero-order valence-corrected chi connectivity index (χ0v) is 12.5. The van der Waals surface area contributed by atoms with Gasteiger partial charge in [-0.25, -0.2) is 13.8 Å². The minimum atomic E-state index is -0.940. The number of hydrogen-bond acceptors (Lipinski definition) is 3. The van der Waals surface area contributed by atoms with Gasteiger partial charge in [0.2, 0.25) is 6.41 Å². The number of anilines is 1. The number of H-pyrrole nitrogens is 1. The molecule has 0 aliphatic rings. The van der Waals surface area contributed by atoms with E-state index in [-0.39, 0.29) is 11.1 Å². The molecule has 0 saturated heterocycles. The number of rotatable bonds is 3. The maximum Gasteiger partial charge on any atom is 0.212 e. The summed E-state index contributed by atoms with van der Waals surface area (Å²) < 4.78 is 29.9.